The molecule has 4 rings (SSSR count). The number of carbonyl (C=O) groups is 1. The van der Waals surface area contributed by atoms with Gasteiger partial charge in [-0.1, -0.05) is 55.3 Å². The molecular formula is C24H30ClN2O+. The van der Waals surface area contributed by atoms with Crippen molar-refractivity contribution < 1.29 is 9.28 Å². The van der Waals surface area contributed by atoms with Crippen molar-refractivity contribution in [2.45, 2.75) is 39.2 Å². The average Bonchev–Trinajstić information content (AvgIpc) is 2.93. The zero-order valence-electron chi connectivity index (χ0n) is 17.3. The van der Waals surface area contributed by atoms with E-state index >= 15 is 0 Å². The molecule has 0 radical (unpaired) electrons. The molecule has 0 aliphatic carbocycles. The number of benzene rings is 2. The second-order valence-corrected chi connectivity index (χ2v) is 9.69. The molecular weight excluding hydrogens is 368 g/mol. The van der Waals surface area contributed by atoms with Crippen LogP contribution in [-0.2, 0) is 0 Å². The molecule has 4 heteroatoms. The highest BCUT2D eigenvalue weighted by Crippen LogP contribution is 2.47. The highest BCUT2D eigenvalue weighted by atomic mass is 35.5. The molecule has 0 N–H and O–H groups in total. The molecule has 1 saturated heterocycles. The van der Waals surface area contributed by atoms with Crippen LogP contribution in [-0.4, -0.2) is 43.1 Å². The second-order valence-electron chi connectivity index (χ2n) is 9.28. The number of likely N-dealkylation sites (N-methyl/N-ethyl adjacent to an activating group) is 1. The number of nitrogens with zero attached hydrogens (tertiary/aromatic N) is 2. The van der Waals surface area contributed by atoms with E-state index in [9.17, 15) is 4.79 Å². The maximum atomic E-state index is 13.5. The number of fused-ring (bicyclic) bond motifs is 3. The minimum Gasteiger partial charge on any atom is -0.325 e. The third kappa shape index (κ3) is 3.35. The quantitative estimate of drug-likeness (QED) is 0.646. The predicted molar refractivity (Wildman–Crippen MR) is 116 cm³/mol. The van der Waals surface area contributed by atoms with Crippen LogP contribution in [0.5, 0.6) is 0 Å². The highest BCUT2D eigenvalue weighted by Gasteiger charge is 2.49. The molecule has 1 unspecified atom stereocenters. The van der Waals surface area contributed by atoms with E-state index in [4.69, 9.17) is 11.6 Å². The fourth-order valence-electron chi connectivity index (χ4n) is 5.39. The Morgan fingerprint density at radius 2 is 2.00 bits per heavy atom. The van der Waals surface area contributed by atoms with Crippen LogP contribution >= 0.6 is 11.6 Å². The van der Waals surface area contributed by atoms with Crippen molar-refractivity contribution in [2.24, 2.45) is 5.92 Å². The van der Waals surface area contributed by atoms with Gasteiger partial charge in [0.1, 0.15) is 0 Å². The molecule has 2 heterocycles. The summed E-state index contributed by atoms with van der Waals surface area (Å²) in [5.41, 5.74) is 4.26. The van der Waals surface area contributed by atoms with Gasteiger partial charge in [-0.3, -0.25) is 4.79 Å². The summed E-state index contributed by atoms with van der Waals surface area (Å²) in [6.07, 6.45) is 1.03. The van der Waals surface area contributed by atoms with Crippen molar-refractivity contribution in [3.63, 3.8) is 0 Å². The number of quaternary nitrogens is 1. The van der Waals surface area contributed by atoms with Crippen LogP contribution < -0.4 is 4.90 Å². The summed E-state index contributed by atoms with van der Waals surface area (Å²) in [6, 6.07) is 14.2. The van der Waals surface area contributed by atoms with Gasteiger partial charge < -0.3 is 9.38 Å². The first kappa shape index (κ1) is 19.5. The lowest BCUT2D eigenvalue weighted by Crippen LogP contribution is -2.57. The Morgan fingerprint density at radius 1 is 1.25 bits per heavy atom. The van der Waals surface area contributed by atoms with E-state index in [-0.39, 0.29) is 11.9 Å². The molecule has 3 atom stereocenters. The van der Waals surface area contributed by atoms with E-state index < -0.39 is 0 Å². The molecule has 0 spiro atoms. The van der Waals surface area contributed by atoms with Gasteiger partial charge in [0.05, 0.1) is 49.2 Å². The maximum Gasteiger partial charge on any atom is 0.260 e. The molecule has 0 aromatic heterocycles. The first-order valence-corrected chi connectivity index (χ1v) is 10.7. The normalized spacial score (nSPS) is 26.3. The molecule has 2 aromatic rings. The van der Waals surface area contributed by atoms with Gasteiger partial charge in [0.2, 0.25) is 0 Å². The number of rotatable bonds is 3. The molecule has 2 aliphatic heterocycles. The van der Waals surface area contributed by atoms with E-state index in [1.807, 2.05) is 23.1 Å². The number of hydrogen-bond acceptors (Lipinski definition) is 1. The van der Waals surface area contributed by atoms with Crippen molar-refractivity contribution in [3.05, 3.63) is 64.2 Å². The van der Waals surface area contributed by atoms with Gasteiger partial charge in [0.15, 0.2) is 0 Å². The first-order valence-electron chi connectivity index (χ1n) is 10.3. The van der Waals surface area contributed by atoms with Gasteiger partial charge in [-0.05, 0) is 30.7 Å². The summed E-state index contributed by atoms with van der Waals surface area (Å²) in [5.74, 6) is 1.09. The SMILES string of the molecule is Cc1ccc2c(c1)[C@@H]1C[N+](C)(CC(C)C)CC[C@H]1N2C(=O)c1ccccc1Cl. The van der Waals surface area contributed by atoms with Crippen molar-refractivity contribution in [2.75, 3.05) is 31.6 Å². The van der Waals surface area contributed by atoms with Crippen LogP contribution in [0.25, 0.3) is 0 Å². The van der Waals surface area contributed by atoms with Crippen molar-refractivity contribution in [1.29, 1.82) is 0 Å². The number of carbonyl (C=O) groups excluding carboxylic acids is 1. The fourth-order valence-corrected chi connectivity index (χ4v) is 5.60. The van der Waals surface area contributed by atoms with Gasteiger partial charge in [-0.25, -0.2) is 0 Å². The lowest BCUT2D eigenvalue weighted by molar-refractivity contribution is -0.918. The summed E-state index contributed by atoms with van der Waals surface area (Å²) >= 11 is 6.38. The van der Waals surface area contributed by atoms with Crippen LogP contribution in [0, 0.1) is 12.8 Å². The number of aryl methyl sites for hydroxylation is 1. The minimum atomic E-state index is 0.0307. The first-order chi connectivity index (χ1) is 13.3. The zero-order valence-corrected chi connectivity index (χ0v) is 18.0. The van der Waals surface area contributed by atoms with Gasteiger partial charge in [0.25, 0.3) is 5.91 Å². The summed E-state index contributed by atoms with van der Waals surface area (Å²) < 4.78 is 1.08. The van der Waals surface area contributed by atoms with E-state index in [1.165, 1.54) is 17.7 Å². The largest absolute Gasteiger partial charge is 0.325 e. The van der Waals surface area contributed by atoms with Gasteiger partial charge in [-0.2, -0.15) is 0 Å². The molecule has 0 saturated carbocycles. The molecule has 0 bridgehead atoms. The van der Waals surface area contributed by atoms with E-state index in [0.29, 0.717) is 22.4 Å². The van der Waals surface area contributed by atoms with Crippen LogP contribution in [0.1, 0.15) is 47.7 Å². The van der Waals surface area contributed by atoms with Gasteiger partial charge in [-0.15, -0.1) is 0 Å². The summed E-state index contributed by atoms with van der Waals surface area (Å²) in [5, 5.41) is 0.529. The van der Waals surface area contributed by atoms with Crippen molar-refractivity contribution in [1.82, 2.24) is 0 Å². The van der Waals surface area contributed by atoms with Crippen molar-refractivity contribution in [3.8, 4) is 0 Å². The van der Waals surface area contributed by atoms with Gasteiger partial charge in [0, 0.05) is 18.0 Å². The Kier molecular flexibility index (Phi) is 5.01. The number of amides is 1. The van der Waals surface area contributed by atoms with E-state index in [0.717, 1.165) is 29.7 Å². The third-order valence-corrected chi connectivity index (χ3v) is 6.70. The van der Waals surface area contributed by atoms with Crippen LogP contribution in [0.15, 0.2) is 42.5 Å². The summed E-state index contributed by atoms with van der Waals surface area (Å²) in [4.78, 5) is 15.6. The molecule has 1 fully saturated rings. The Hall–Kier alpha value is -1.84. The molecule has 28 heavy (non-hydrogen) atoms. The second kappa shape index (κ2) is 7.20. The molecule has 2 aliphatic rings. The number of hydrogen-bond donors (Lipinski definition) is 0. The predicted octanol–water partition coefficient (Wildman–Crippen LogP) is 5.27. The van der Waals surface area contributed by atoms with Crippen LogP contribution in [0.4, 0.5) is 5.69 Å². The minimum absolute atomic E-state index is 0.0307. The molecule has 148 valence electrons. The Labute approximate surface area is 173 Å². The molecule has 3 nitrogen and oxygen atoms in total. The van der Waals surface area contributed by atoms with E-state index in [1.54, 1.807) is 6.07 Å². The van der Waals surface area contributed by atoms with Crippen LogP contribution in [0.2, 0.25) is 5.02 Å². The topological polar surface area (TPSA) is 20.3 Å². The lowest BCUT2D eigenvalue weighted by atomic mass is 9.86. The van der Waals surface area contributed by atoms with Crippen molar-refractivity contribution >= 4 is 23.2 Å². The summed E-state index contributed by atoms with van der Waals surface area (Å²) in [7, 11) is 2.38. The zero-order chi connectivity index (χ0) is 20.1. The Bertz CT molecular complexity index is 909. The molecule has 2 aromatic carbocycles. The van der Waals surface area contributed by atoms with E-state index in [2.05, 4.69) is 46.0 Å². The smallest absolute Gasteiger partial charge is 0.260 e. The lowest BCUT2D eigenvalue weighted by Gasteiger charge is -2.45. The Balaban J connectivity index is 1.74. The summed E-state index contributed by atoms with van der Waals surface area (Å²) in [6.45, 7) is 10.1. The standard InChI is InChI=1S/C24H30ClN2O/c1-16(2)14-27(4)12-11-23-20(15-27)19-13-17(3)9-10-22(19)26(23)24(28)18-7-5-6-8-21(18)25/h5-10,13,16,20,23H,11-12,14-15H2,1-4H3/q+1/t20-,23+,27?/m0/s1. The number of likely N-dealkylation sites (tertiary alicyclic amines) is 1. The number of halogens is 1. The third-order valence-electron chi connectivity index (χ3n) is 6.37. The fraction of sp³-hybridized carbons (Fsp3) is 0.458. The van der Waals surface area contributed by atoms with Gasteiger partial charge >= 0.3 is 0 Å². The monoisotopic (exact) mass is 397 g/mol. The molecule has 1 amide bonds. The number of anilines is 1. The Morgan fingerprint density at radius 3 is 2.71 bits per heavy atom. The average molecular weight is 398 g/mol. The number of piperidine rings is 1. The highest BCUT2D eigenvalue weighted by molar-refractivity contribution is 6.34. The van der Waals surface area contributed by atoms with Crippen LogP contribution in [0.3, 0.4) is 0 Å². The maximum absolute atomic E-state index is 13.5.